The van der Waals surface area contributed by atoms with Gasteiger partial charge in [0.2, 0.25) is 0 Å². The summed E-state index contributed by atoms with van der Waals surface area (Å²) in [6.45, 7) is 4.34. The Morgan fingerprint density at radius 3 is 2.29 bits per heavy atom. The third-order valence-corrected chi connectivity index (χ3v) is 7.97. The Hall–Kier alpha value is -2.47. The van der Waals surface area contributed by atoms with Gasteiger partial charge in [0.05, 0.1) is 11.0 Å². The van der Waals surface area contributed by atoms with Crippen molar-refractivity contribution in [2.75, 3.05) is 5.75 Å². The highest BCUT2D eigenvalue weighted by Crippen LogP contribution is 2.50. The van der Waals surface area contributed by atoms with E-state index in [4.69, 9.17) is 4.74 Å². The van der Waals surface area contributed by atoms with Crippen LogP contribution in [0.15, 0.2) is 54.6 Å². The third-order valence-electron chi connectivity index (χ3n) is 6.35. The van der Waals surface area contributed by atoms with Crippen LogP contribution < -0.4 is 4.74 Å². The maximum absolute atomic E-state index is 13.3. The zero-order valence-corrected chi connectivity index (χ0v) is 18.8. The fourth-order valence-electron chi connectivity index (χ4n) is 4.56. The fraction of sp³-hybridized carbons (Fsp3) is 0.440. The molecule has 0 aromatic heterocycles. The second kappa shape index (κ2) is 8.95. The Morgan fingerprint density at radius 1 is 1.06 bits per heavy atom. The van der Waals surface area contributed by atoms with Crippen LogP contribution in [0.5, 0.6) is 5.75 Å². The van der Waals surface area contributed by atoms with Gasteiger partial charge in [-0.05, 0) is 61.4 Å². The van der Waals surface area contributed by atoms with E-state index < -0.39 is 16.9 Å². The summed E-state index contributed by atoms with van der Waals surface area (Å²) in [6, 6.07) is 16.5. The highest BCUT2D eigenvalue weighted by atomic mass is 32.2. The van der Waals surface area contributed by atoms with E-state index in [9.17, 15) is 14.7 Å². The first kappa shape index (κ1) is 21.8. The van der Waals surface area contributed by atoms with Crippen molar-refractivity contribution in [3.8, 4) is 5.75 Å². The molecule has 164 valence electrons. The van der Waals surface area contributed by atoms with E-state index in [1.807, 2.05) is 30.3 Å². The summed E-state index contributed by atoms with van der Waals surface area (Å²) in [4.78, 5) is 26.4. The van der Waals surface area contributed by atoms with Gasteiger partial charge in [-0.25, -0.2) is 4.79 Å². The number of ether oxygens (including phenoxy) is 1. The molecule has 5 nitrogen and oxygen atoms in total. The maximum Gasteiger partial charge on any atom is 0.327 e. The molecule has 31 heavy (non-hydrogen) atoms. The van der Waals surface area contributed by atoms with Crippen LogP contribution in [0.4, 0.5) is 0 Å². The molecule has 2 aromatic carbocycles. The number of carbonyl (C=O) groups is 2. The summed E-state index contributed by atoms with van der Waals surface area (Å²) in [6.07, 6.45) is 3.13. The number of carbonyl (C=O) groups excluding carboxylic acids is 1. The van der Waals surface area contributed by atoms with Crippen molar-refractivity contribution < 1.29 is 19.4 Å². The molecule has 1 spiro atoms. The zero-order valence-electron chi connectivity index (χ0n) is 18.0. The van der Waals surface area contributed by atoms with Crippen molar-refractivity contribution in [2.24, 2.45) is 0 Å². The highest BCUT2D eigenvalue weighted by Gasteiger charge is 2.53. The Morgan fingerprint density at radius 2 is 1.71 bits per heavy atom. The molecule has 1 unspecified atom stereocenters. The van der Waals surface area contributed by atoms with Crippen LogP contribution in [-0.4, -0.2) is 44.7 Å². The molecule has 4 rings (SSSR count). The van der Waals surface area contributed by atoms with Gasteiger partial charge in [0.1, 0.15) is 11.8 Å². The molecule has 2 fully saturated rings. The molecule has 1 amide bonds. The van der Waals surface area contributed by atoms with Crippen molar-refractivity contribution in [3.63, 3.8) is 0 Å². The molecular weight excluding hydrogens is 410 g/mol. The minimum atomic E-state index is -0.933. The standard InChI is InChI=1S/C25H29NO4S/c1-17(2)18-8-10-20(11-9-18)30-21-12-14-25(15-13-21)26(22(16-31-25)24(28)29)23(27)19-6-4-3-5-7-19/h3-11,17,21-22H,12-16H2,1-2H3,(H,28,29). The lowest BCUT2D eigenvalue weighted by Gasteiger charge is -2.43. The van der Waals surface area contributed by atoms with E-state index >= 15 is 0 Å². The summed E-state index contributed by atoms with van der Waals surface area (Å²) in [5, 5.41) is 9.77. The van der Waals surface area contributed by atoms with Crippen molar-refractivity contribution >= 4 is 23.6 Å². The van der Waals surface area contributed by atoms with Gasteiger partial charge in [0.25, 0.3) is 5.91 Å². The smallest absolute Gasteiger partial charge is 0.327 e. The Labute approximate surface area is 187 Å². The molecule has 1 saturated carbocycles. The second-order valence-corrected chi connectivity index (χ2v) is 10.1. The lowest BCUT2D eigenvalue weighted by atomic mass is 9.89. The van der Waals surface area contributed by atoms with E-state index in [1.54, 1.807) is 28.8 Å². The molecule has 2 aliphatic rings. The van der Waals surface area contributed by atoms with Gasteiger partial charge in [0.15, 0.2) is 0 Å². The second-order valence-electron chi connectivity index (χ2n) is 8.69. The number of hydrogen-bond donors (Lipinski definition) is 1. The van der Waals surface area contributed by atoms with Crippen LogP contribution in [0.25, 0.3) is 0 Å². The van der Waals surface area contributed by atoms with Gasteiger partial charge < -0.3 is 14.7 Å². The van der Waals surface area contributed by atoms with Crippen LogP contribution in [-0.2, 0) is 4.79 Å². The van der Waals surface area contributed by atoms with E-state index in [1.165, 1.54) is 5.56 Å². The zero-order chi connectivity index (χ0) is 22.0. The van der Waals surface area contributed by atoms with Crippen molar-refractivity contribution in [2.45, 2.75) is 62.5 Å². The number of aliphatic carboxylic acids is 1. The van der Waals surface area contributed by atoms with Crippen molar-refractivity contribution in [1.29, 1.82) is 0 Å². The minimum Gasteiger partial charge on any atom is -0.490 e. The summed E-state index contributed by atoms with van der Waals surface area (Å²) in [5.74, 6) is 0.651. The van der Waals surface area contributed by atoms with Crippen LogP contribution in [0, 0.1) is 0 Å². The van der Waals surface area contributed by atoms with Crippen LogP contribution >= 0.6 is 11.8 Å². The van der Waals surface area contributed by atoms with Crippen molar-refractivity contribution in [3.05, 3.63) is 65.7 Å². The lowest BCUT2D eigenvalue weighted by molar-refractivity contribution is -0.142. The molecule has 2 aromatic rings. The predicted molar refractivity (Wildman–Crippen MR) is 123 cm³/mol. The van der Waals surface area contributed by atoms with Gasteiger partial charge in [-0.2, -0.15) is 0 Å². The molecular formula is C25H29NO4S. The number of amides is 1. The number of carboxylic acids is 1. The van der Waals surface area contributed by atoms with E-state index in [2.05, 4.69) is 26.0 Å². The highest BCUT2D eigenvalue weighted by molar-refractivity contribution is 8.01. The largest absolute Gasteiger partial charge is 0.490 e. The molecule has 1 N–H and O–H groups in total. The first-order valence-corrected chi connectivity index (χ1v) is 11.9. The van der Waals surface area contributed by atoms with Gasteiger partial charge in [0, 0.05) is 11.3 Å². The fourth-order valence-corrected chi connectivity index (χ4v) is 6.19. The SMILES string of the molecule is CC(C)c1ccc(OC2CCC3(CC2)SCC(C(=O)O)N3C(=O)c2ccccc2)cc1. The van der Waals surface area contributed by atoms with Gasteiger partial charge in [-0.15, -0.1) is 11.8 Å². The average molecular weight is 440 g/mol. The monoisotopic (exact) mass is 439 g/mol. The number of thioether (sulfide) groups is 1. The Balaban J connectivity index is 1.47. The molecule has 6 heteroatoms. The number of rotatable bonds is 5. The molecule has 1 heterocycles. The van der Waals surface area contributed by atoms with Gasteiger partial charge in [-0.3, -0.25) is 4.79 Å². The van der Waals surface area contributed by atoms with Crippen LogP contribution in [0.2, 0.25) is 0 Å². The molecule has 0 bridgehead atoms. The topological polar surface area (TPSA) is 66.8 Å². The summed E-state index contributed by atoms with van der Waals surface area (Å²) in [5.41, 5.74) is 1.83. The molecule has 1 saturated heterocycles. The average Bonchev–Trinajstić information content (AvgIpc) is 3.15. The first-order chi connectivity index (χ1) is 14.9. The molecule has 0 radical (unpaired) electrons. The number of nitrogens with zero attached hydrogens (tertiary/aromatic N) is 1. The molecule has 1 atom stereocenters. The number of carboxylic acid groups (broad SMARTS) is 1. The van der Waals surface area contributed by atoms with Gasteiger partial charge >= 0.3 is 5.97 Å². The summed E-state index contributed by atoms with van der Waals surface area (Å²) < 4.78 is 6.22. The number of benzene rings is 2. The lowest BCUT2D eigenvalue weighted by Crippen LogP contribution is -2.54. The summed E-state index contributed by atoms with van der Waals surface area (Å²) in [7, 11) is 0. The Kier molecular flexibility index (Phi) is 6.28. The van der Waals surface area contributed by atoms with E-state index in [-0.39, 0.29) is 12.0 Å². The number of hydrogen-bond acceptors (Lipinski definition) is 4. The van der Waals surface area contributed by atoms with E-state index in [0.717, 1.165) is 31.4 Å². The van der Waals surface area contributed by atoms with Crippen molar-refractivity contribution in [1.82, 2.24) is 4.90 Å². The van der Waals surface area contributed by atoms with Gasteiger partial charge in [-0.1, -0.05) is 44.2 Å². The molecule has 1 aliphatic carbocycles. The van der Waals surface area contributed by atoms with Crippen LogP contribution in [0.1, 0.15) is 61.4 Å². The van der Waals surface area contributed by atoms with E-state index in [0.29, 0.717) is 17.2 Å². The normalized spacial score (nSPS) is 25.7. The maximum atomic E-state index is 13.3. The predicted octanol–water partition coefficient (Wildman–Crippen LogP) is 5.17. The van der Waals surface area contributed by atoms with Crippen LogP contribution in [0.3, 0.4) is 0 Å². The molecule has 1 aliphatic heterocycles. The minimum absolute atomic E-state index is 0.0775. The quantitative estimate of drug-likeness (QED) is 0.696. The third kappa shape index (κ3) is 4.45. The Bertz CT molecular complexity index is 920. The summed E-state index contributed by atoms with van der Waals surface area (Å²) >= 11 is 1.62. The first-order valence-electron chi connectivity index (χ1n) is 10.9.